The van der Waals surface area contributed by atoms with E-state index in [1.165, 1.54) is 43.9 Å². The van der Waals surface area contributed by atoms with Crippen molar-refractivity contribution < 1.29 is 19.1 Å². The van der Waals surface area contributed by atoms with Crippen LogP contribution in [0.4, 0.5) is 4.79 Å². The van der Waals surface area contributed by atoms with E-state index in [9.17, 15) is 9.59 Å². The molecule has 0 bridgehead atoms. The van der Waals surface area contributed by atoms with Gasteiger partial charge < -0.3 is 19.7 Å². The summed E-state index contributed by atoms with van der Waals surface area (Å²) in [6.07, 6.45) is 13.0. The van der Waals surface area contributed by atoms with Gasteiger partial charge in [0, 0.05) is 46.3 Å². The van der Waals surface area contributed by atoms with E-state index in [1.807, 2.05) is 0 Å². The van der Waals surface area contributed by atoms with Crippen LogP contribution in [-0.2, 0) is 14.3 Å². The minimum absolute atomic E-state index is 0.0237. The molecule has 6 heteroatoms. The number of urea groups is 1. The Labute approximate surface area is 230 Å². The van der Waals surface area contributed by atoms with Crippen LogP contribution in [0.15, 0.2) is 23.0 Å². The van der Waals surface area contributed by atoms with E-state index in [4.69, 9.17) is 9.47 Å². The van der Waals surface area contributed by atoms with Crippen LogP contribution in [0.3, 0.4) is 0 Å². The second-order valence-electron chi connectivity index (χ2n) is 14.0. The fourth-order valence-electron chi connectivity index (χ4n) is 9.45. The van der Waals surface area contributed by atoms with Crippen LogP contribution < -0.4 is 5.32 Å². The number of carbonyl (C=O) groups excluding carboxylic acids is 2. The number of esters is 1. The van der Waals surface area contributed by atoms with Gasteiger partial charge in [-0.3, -0.25) is 4.79 Å². The summed E-state index contributed by atoms with van der Waals surface area (Å²) in [5.41, 5.74) is 3.64. The normalized spacial score (nSPS) is 40.1. The minimum Gasteiger partial charge on any atom is -0.494 e. The Balaban J connectivity index is 1.25. The molecule has 0 spiro atoms. The molecule has 6 nitrogen and oxygen atoms in total. The van der Waals surface area contributed by atoms with Crippen LogP contribution in [0.5, 0.6) is 0 Å². The number of allylic oxidation sites excluding steroid dienone is 2. The molecule has 1 N–H and O–H groups in total. The van der Waals surface area contributed by atoms with Gasteiger partial charge in [-0.25, -0.2) is 4.79 Å². The first kappa shape index (κ1) is 27.6. The first-order valence-corrected chi connectivity index (χ1v) is 15.1. The third kappa shape index (κ3) is 4.68. The zero-order chi connectivity index (χ0) is 27.4. The number of carbonyl (C=O) groups is 2. The Morgan fingerprint density at radius 2 is 1.97 bits per heavy atom. The molecule has 0 aromatic rings. The Morgan fingerprint density at radius 3 is 2.68 bits per heavy atom. The highest BCUT2D eigenvalue weighted by Gasteiger charge is 2.63. The smallest absolute Gasteiger partial charge is 0.316 e. The average Bonchev–Trinajstić information content (AvgIpc) is 3.34. The Hall–Kier alpha value is -1.98. The molecule has 0 aromatic heterocycles. The number of rotatable bonds is 6. The van der Waals surface area contributed by atoms with E-state index in [0.717, 1.165) is 43.9 Å². The van der Waals surface area contributed by atoms with E-state index in [1.54, 1.807) is 24.6 Å². The molecule has 0 aromatic carbocycles. The van der Waals surface area contributed by atoms with Crippen LogP contribution in [-0.4, -0.2) is 49.7 Å². The SMILES string of the molecule is CC(=O)OC1CCC2(C)C(=CCC3C2CCC2(C)C3CC3OC(CCC(C)CNC(=O)N(C)C)=C(C)C32)C1. The maximum Gasteiger partial charge on any atom is 0.316 e. The number of ether oxygens (including phenoxy) is 2. The molecule has 0 saturated heterocycles. The van der Waals surface area contributed by atoms with Crippen molar-refractivity contribution in [2.75, 3.05) is 20.6 Å². The molecule has 1 heterocycles. The van der Waals surface area contributed by atoms with Crippen LogP contribution in [0.2, 0.25) is 0 Å². The molecule has 0 radical (unpaired) electrons. The number of fused-ring (bicyclic) bond motifs is 7. The highest BCUT2D eigenvalue weighted by atomic mass is 16.5. The van der Waals surface area contributed by atoms with Gasteiger partial charge in [0.05, 0.1) is 5.76 Å². The van der Waals surface area contributed by atoms with Crippen LogP contribution in [0, 0.1) is 40.4 Å². The maximum absolute atomic E-state index is 11.9. The molecule has 5 aliphatic rings. The van der Waals surface area contributed by atoms with E-state index in [-0.39, 0.29) is 23.5 Å². The Morgan fingerprint density at radius 1 is 1.21 bits per heavy atom. The fraction of sp³-hybridized carbons (Fsp3) is 0.812. The zero-order valence-corrected chi connectivity index (χ0v) is 24.8. The number of nitrogens with zero attached hydrogens (tertiary/aromatic N) is 1. The second kappa shape index (κ2) is 10.2. The van der Waals surface area contributed by atoms with Crippen molar-refractivity contribution in [2.45, 2.75) is 105 Å². The third-order valence-electron chi connectivity index (χ3n) is 11.5. The van der Waals surface area contributed by atoms with Crippen molar-refractivity contribution in [3.8, 4) is 0 Å². The van der Waals surface area contributed by atoms with Gasteiger partial charge in [-0.2, -0.15) is 0 Å². The first-order chi connectivity index (χ1) is 17.9. The molecule has 5 rings (SSSR count). The molecule has 9 unspecified atom stereocenters. The van der Waals surface area contributed by atoms with Crippen molar-refractivity contribution >= 4 is 12.0 Å². The van der Waals surface area contributed by atoms with E-state index in [0.29, 0.717) is 35.8 Å². The Bertz CT molecular complexity index is 1020. The topological polar surface area (TPSA) is 67.9 Å². The summed E-state index contributed by atoms with van der Waals surface area (Å²) in [5.74, 6) is 4.24. The van der Waals surface area contributed by atoms with Crippen LogP contribution in [0.1, 0.15) is 92.4 Å². The number of hydrogen-bond donors (Lipinski definition) is 1. The highest BCUT2D eigenvalue weighted by molar-refractivity contribution is 5.73. The largest absolute Gasteiger partial charge is 0.494 e. The molecular formula is C32H50N2O4. The molecule has 212 valence electrons. The number of nitrogens with one attached hydrogen (secondary N) is 1. The number of amides is 2. The van der Waals surface area contributed by atoms with E-state index < -0.39 is 0 Å². The average molecular weight is 527 g/mol. The fourth-order valence-corrected chi connectivity index (χ4v) is 9.45. The lowest BCUT2D eigenvalue weighted by Gasteiger charge is -2.58. The predicted octanol–water partition coefficient (Wildman–Crippen LogP) is 6.47. The summed E-state index contributed by atoms with van der Waals surface area (Å²) in [6.45, 7) is 11.9. The maximum atomic E-state index is 11.9. The van der Waals surface area contributed by atoms with Gasteiger partial charge >= 0.3 is 12.0 Å². The van der Waals surface area contributed by atoms with Crippen molar-refractivity contribution in [3.63, 3.8) is 0 Å². The van der Waals surface area contributed by atoms with Crippen molar-refractivity contribution in [2.24, 2.45) is 40.4 Å². The van der Waals surface area contributed by atoms with Crippen molar-refractivity contribution in [3.05, 3.63) is 23.0 Å². The summed E-state index contributed by atoms with van der Waals surface area (Å²) < 4.78 is 12.4. The highest BCUT2D eigenvalue weighted by Crippen LogP contribution is 2.69. The van der Waals surface area contributed by atoms with Crippen molar-refractivity contribution in [1.82, 2.24) is 10.2 Å². The van der Waals surface area contributed by atoms with Gasteiger partial charge in [0.2, 0.25) is 0 Å². The minimum atomic E-state index is -0.146. The molecule has 9 atom stereocenters. The standard InChI is InChI=1S/C32H50N2O4/c1-19(18-33-30(36)34(6)7)8-11-27-20(2)29-28(38-27)17-26-24-10-9-22-16-23(37-21(3)35)12-14-31(22,4)25(24)13-15-32(26,29)5/h9,19,23-26,28-29H,8,10-18H2,1-7H3,(H,33,36). The monoisotopic (exact) mass is 526 g/mol. The van der Waals surface area contributed by atoms with Gasteiger partial charge in [0.1, 0.15) is 12.2 Å². The third-order valence-corrected chi connectivity index (χ3v) is 11.5. The van der Waals surface area contributed by atoms with Crippen LogP contribution in [0.25, 0.3) is 0 Å². The molecule has 3 fully saturated rings. The van der Waals surface area contributed by atoms with Gasteiger partial charge in [-0.05, 0) is 91.9 Å². The lowest BCUT2D eigenvalue weighted by atomic mass is 9.47. The van der Waals surface area contributed by atoms with Crippen LogP contribution >= 0.6 is 0 Å². The van der Waals surface area contributed by atoms with Gasteiger partial charge in [-0.15, -0.1) is 0 Å². The lowest BCUT2D eigenvalue weighted by molar-refractivity contribution is -0.148. The summed E-state index contributed by atoms with van der Waals surface area (Å²) in [5, 5.41) is 3.01. The summed E-state index contributed by atoms with van der Waals surface area (Å²) in [6, 6.07) is -0.0237. The summed E-state index contributed by atoms with van der Waals surface area (Å²) in [4.78, 5) is 25.0. The molecule has 2 amide bonds. The molecule has 3 saturated carbocycles. The lowest BCUT2D eigenvalue weighted by Crippen LogP contribution is -2.50. The quantitative estimate of drug-likeness (QED) is 0.318. The van der Waals surface area contributed by atoms with E-state index >= 15 is 0 Å². The molecule has 4 aliphatic carbocycles. The second-order valence-corrected chi connectivity index (χ2v) is 14.0. The molecule has 1 aliphatic heterocycles. The number of hydrogen-bond acceptors (Lipinski definition) is 4. The van der Waals surface area contributed by atoms with Crippen molar-refractivity contribution in [1.29, 1.82) is 0 Å². The molecular weight excluding hydrogens is 476 g/mol. The summed E-state index contributed by atoms with van der Waals surface area (Å²) in [7, 11) is 3.55. The van der Waals surface area contributed by atoms with Gasteiger partial charge in [-0.1, -0.05) is 32.4 Å². The molecule has 38 heavy (non-hydrogen) atoms. The van der Waals surface area contributed by atoms with E-state index in [2.05, 4.69) is 39.1 Å². The predicted molar refractivity (Wildman–Crippen MR) is 149 cm³/mol. The Kier molecular flexibility index (Phi) is 7.41. The zero-order valence-electron chi connectivity index (χ0n) is 24.8. The van der Waals surface area contributed by atoms with Gasteiger partial charge in [0.25, 0.3) is 0 Å². The first-order valence-electron chi connectivity index (χ1n) is 15.1. The van der Waals surface area contributed by atoms with Gasteiger partial charge in [0.15, 0.2) is 0 Å². The summed E-state index contributed by atoms with van der Waals surface area (Å²) >= 11 is 0.